The number of aliphatic hydroxyl groups is 1. The lowest BCUT2D eigenvalue weighted by atomic mass is 10.1. The maximum Gasteiger partial charge on any atom is 0.256 e. The van der Waals surface area contributed by atoms with Gasteiger partial charge in [-0.25, -0.2) is 9.37 Å². The van der Waals surface area contributed by atoms with E-state index in [1.807, 2.05) is 0 Å². The molecule has 7 nitrogen and oxygen atoms in total. The molecule has 29 heavy (non-hydrogen) atoms. The Morgan fingerprint density at radius 1 is 1.10 bits per heavy atom. The van der Waals surface area contributed by atoms with Crippen molar-refractivity contribution in [1.82, 2.24) is 15.3 Å². The molecule has 0 fully saturated rings. The van der Waals surface area contributed by atoms with E-state index in [-0.39, 0.29) is 24.4 Å². The number of carbonyl (C=O) groups excluding carboxylic acids is 1. The van der Waals surface area contributed by atoms with Crippen LogP contribution < -0.4 is 16.0 Å². The highest BCUT2D eigenvalue weighted by Crippen LogP contribution is 2.16. The van der Waals surface area contributed by atoms with Crippen molar-refractivity contribution in [2.75, 3.05) is 23.7 Å². The first-order valence-corrected chi connectivity index (χ1v) is 10.2. The number of amides is 1. The van der Waals surface area contributed by atoms with Crippen molar-refractivity contribution >= 4 is 17.7 Å². The number of carbonyl (C=O) groups is 1. The van der Waals surface area contributed by atoms with E-state index in [2.05, 4.69) is 25.9 Å². The highest BCUT2D eigenvalue weighted by molar-refractivity contribution is 5.98. The molecule has 2 heterocycles. The van der Waals surface area contributed by atoms with E-state index in [0.29, 0.717) is 23.9 Å². The molecule has 8 heteroatoms. The fourth-order valence-electron chi connectivity index (χ4n) is 3.22. The van der Waals surface area contributed by atoms with E-state index in [4.69, 9.17) is 0 Å². The van der Waals surface area contributed by atoms with Gasteiger partial charge in [0.05, 0.1) is 6.10 Å². The number of fused-ring (bicyclic) bond motifs is 2. The third-order valence-corrected chi connectivity index (χ3v) is 4.90. The fraction of sp³-hybridized carbons (Fsp3) is 0.476. The normalized spacial score (nSPS) is 18.1. The Hall–Kier alpha value is -2.74. The van der Waals surface area contributed by atoms with E-state index in [0.717, 1.165) is 50.6 Å². The van der Waals surface area contributed by atoms with Crippen molar-refractivity contribution in [3.05, 3.63) is 47.4 Å². The number of nitrogens with zero attached hydrogens (tertiary/aromatic N) is 2. The van der Waals surface area contributed by atoms with Crippen molar-refractivity contribution in [3.8, 4) is 0 Å². The van der Waals surface area contributed by atoms with Gasteiger partial charge in [0.25, 0.3) is 5.91 Å². The lowest BCUT2D eigenvalue weighted by Gasteiger charge is -2.15. The first-order chi connectivity index (χ1) is 14.1. The summed E-state index contributed by atoms with van der Waals surface area (Å²) in [6, 6.07) is 5.99. The zero-order chi connectivity index (χ0) is 20.5. The van der Waals surface area contributed by atoms with Gasteiger partial charge in [0, 0.05) is 25.8 Å². The van der Waals surface area contributed by atoms with Crippen molar-refractivity contribution in [1.29, 1.82) is 0 Å². The molecule has 1 aromatic carbocycles. The van der Waals surface area contributed by atoms with Crippen molar-refractivity contribution in [3.63, 3.8) is 0 Å². The molecule has 4 N–H and O–H groups in total. The maximum absolute atomic E-state index is 13.0. The minimum atomic E-state index is -0.312. The summed E-state index contributed by atoms with van der Waals surface area (Å²) in [6.07, 6.45) is 6.57. The van der Waals surface area contributed by atoms with Gasteiger partial charge in [0.2, 0.25) is 5.95 Å². The Balaban J connectivity index is 1.68. The first-order valence-electron chi connectivity index (χ1n) is 10.2. The summed E-state index contributed by atoms with van der Waals surface area (Å²) in [7, 11) is 0. The molecule has 2 aromatic rings. The van der Waals surface area contributed by atoms with Crippen LogP contribution in [0.25, 0.3) is 0 Å². The summed E-state index contributed by atoms with van der Waals surface area (Å²) >= 11 is 0. The predicted molar refractivity (Wildman–Crippen MR) is 110 cm³/mol. The summed E-state index contributed by atoms with van der Waals surface area (Å²) in [5.41, 5.74) is 1.15. The highest BCUT2D eigenvalue weighted by atomic mass is 19.1. The van der Waals surface area contributed by atoms with Crippen LogP contribution in [0.2, 0.25) is 0 Å². The number of rotatable bonds is 3. The molecule has 0 saturated carbocycles. The average molecular weight is 401 g/mol. The van der Waals surface area contributed by atoms with Gasteiger partial charge in [0.1, 0.15) is 17.2 Å². The third-order valence-electron chi connectivity index (χ3n) is 4.90. The van der Waals surface area contributed by atoms with Crippen LogP contribution in [-0.2, 0) is 6.54 Å². The van der Waals surface area contributed by atoms with E-state index >= 15 is 0 Å². The van der Waals surface area contributed by atoms with Crippen LogP contribution in [0, 0.1) is 5.82 Å². The second-order valence-corrected chi connectivity index (χ2v) is 7.26. The second-order valence-electron chi connectivity index (χ2n) is 7.26. The number of hydrogen-bond acceptors (Lipinski definition) is 6. The standard InChI is InChI=1S/C21H28FN5O2/c22-16-9-7-15(8-10-16)13-25-20(29)18-14-26-21-24-11-3-1-2-5-17(28)6-4-12-23-19(18)27-21/h7-10,14,17,28H,1-6,11-13H2,(H,25,29)(H2,23,24,26,27). The van der Waals surface area contributed by atoms with Gasteiger partial charge in [-0.05, 0) is 43.4 Å². The number of nitrogens with one attached hydrogen (secondary N) is 3. The molecule has 1 aromatic heterocycles. The zero-order valence-electron chi connectivity index (χ0n) is 16.5. The Bertz CT molecular complexity index is 800. The number of aromatic nitrogens is 2. The minimum absolute atomic E-state index is 0.282. The van der Waals surface area contributed by atoms with Crippen molar-refractivity contribution in [2.24, 2.45) is 0 Å². The number of hydrogen-bond donors (Lipinski definition) is 4. The van der Waals surface area contributed by atoms with Crippen LogP contribution in [0.3, 0.4) is 0 Å². The molecule has 0 spiro atoms. The molecule has 3 rings (SSSR count). The van der Waals surface area contributed by atoms with E-state index in [9.17, 15) is 14.3 Å². The van der Waals surface area contributed by atoms with E-state index in [1.54, 1.807) is 12.1 Å². The van der Waals surface area contributed by atoms with Crippen LogP contribution in [0.5, 0.6) is 0 Å². The number of benzene rings is 1. The number of anilines is 2. The van der Waals surface area contributed by atoms with Gasteiger partial charge >= 0.3 is 0 Å². The SMILES string of the molecule is O=C(NCc1ccc(F)cc1)c1cnc2nc1NCCCC(O)CCCCCN2. The lowest BCUT2D eigenvalue weighted by molar-refractivity contribution is 0.0951. The average Bonchev–Trinajstić information content (AvgIpc) is 2.72. The zero-order valence-corrected chi connectivity index (χ0v) is 16.5. The molecular weight excluding hydrogens is 373 g/mol. The first kappa shape index (κ1) is 21.0. The Morgan fingerprint density at radius 2 is 1.86 bits per heavy atom. The van der Waals surface area contributed by atoms with Crippen LogP contribution >= 0.6 is 0 Å². The topological polar surface area (TPSA) is 99.2 Å². The quantitative estimate of drug-likeness (QED) is 0.631. The van der Waals surface area contributed by atoms with Gasteiger partial charge in [-0.15, -0.1) is 0 Å². The Labute approximate surface area is 170 Å². The van der Waals surface area contributed by atoms with Crippen LogP contribution in [0.1, 0.15) is 54.4 Å². The van der Waals surface area contributed by atoms with Crippen LogP contribution in [0.4, 0.5) is 16.2 Å². The minimum Gasteiger partial charge on any atom is -0.393 e. The summed E-state index contributed by atoms with van der Waals surface area (Å²) in [6.45, 7) is 1.63. The van der Waals surface area contributed by atoms with Crippen molar-refractivity contribution < 1.29 is 14.3 Å². The number of halogens is 1. The van der Waals surface area contributed by atoms with Gasteiger partial charge < -0.3 is 21.1 Å². The van der Waals surface area contributed by atoms with Gasteiger partial charge in [0.15, 0.2) is 0 Å². The van der Waals surface area contributed by atoms with E-state index < -0.39 is 0 Å². The molecular formula is C21H28FN5O2. The molecule has 1 unspecified atom stereocenters. The Kier molecular flexibility index (Phi) is 7.75. The summed E-state index contributed by atoms with van der Waals surface area (Å²) < 4.78 is 13.0. The van der Waals surface area contributed by atoms with Gasteiger partial charge in [-0.3, -0.25) is 4.79 Å². The monoisotopic (exact) mass is 401 g/mol. The summed E-state index contributed by atoms with van der Waals surface area (Å²) in [5.74, 6) is 0.336. The highest BCUT2D eigenvalue weighted by Gasteiger charge is 2.15. The molecule has 1 amide bonds. The molecule has 1 atom stereocenters. The van der Waals surface area contributed by atoms with E-state index in [1.165, 1.54) is 18.3 Å². The molecule has 1 aliphatic heterocycles. The largest absolute Gasteiger partial charge is 0.393 e. The molecule has 1 aliphatic rings. The summed E-state index contributed by atoms with van der Waals surface area (Å²) in [5, 5.41) is 19.3. The molecule has 2 bridgehead atoms. The Morgan fingerprint density at radius 3 is 2.69 bits per heavy atom. The fourth-order valence-corrected chi connectivity index (χ4v) is 3.22. The maximum atomic E-state index is 13.0. The van der Waals surface area contributed by atoms with Crippen molar-refractivity contribution in [2.45, 2.75) is 51.2 Å². The molecule has 0 radical (unpaired) electrons. The predicted octanol–water partition coefficient (Wildman–Crippen LogP) is 3.08. The second kappa shape index (κ2) is 10.7. The molecule has 0 saturated heterocycles. The number of aliphatic hydroxyl groups excluding tert-OH is 1. The lowest BCUT2D eigenvalue weighted by Crippen LogP contribution is -2.25. The van der Waals surface area contributed by atoms with Gasteiger partial charge in [-0.1, -0.05) is 25.0 Å². The van der Waals surface area contributed by atoms with Crippen LogP contribution in [-0.4, -0.2) is 40.2 Å². The molecule has 156 valence electrons. The third kappa shape index (κ3) is 6.67. The molecule has 0 aliphatic carbocycles. The van der Waals surface area contributed by atoms with Crippen LogP contribution in [0.15, 0.2) is 30.5 Å². The summed E-state index contributed by atoms with van der Waals surface area (Å²) in [4.78, 5) is 21.4. The smallest absolute Gasteiger partial charge is 0.256 e. The van der Waals surface area contributed by atoms with Gasteiger partial charge in [-0.2, -0.15) is 4.98 Å².